The summed E-state index contributed by atoms with van der Waals surface area (Å²) in [5.41, 5.74) is 2.04. The fourth-order valence-electron chi connectivity index (χ4n) is 2.88. The maximum atomic E-state index is 6.44. The summed E-state index contributed by atoms with van der Waals surface area (Å²) < 4.78 is 7.67. The van der Waals surface area contributed by atoms with E-state index in [9.17, 15) is 0 Å². The van der Waals surface area contributed by atoms with Crippen molar-refractivity contribution in [2.24, 2.45) is 5.92 Å². The third-order valence-corrected chi connectivity index (χ3v) is 5.06. The summed E-state index contributed by atoms with van der Waals surface area (Å²) in [6.07, 6.45) is 15.5. The standard InChI is InChI=1S/C22H24ClN5O/c1-16(27-22-12-24-8-9-25-22)2-3-18-11-26-28(13-18)14-19-6-7-20(10-21(19)23)29-15-17-4-5-17/h2-3,6-13,16-17H,4-5,14-15H2,1H3,(H,25,27)/b3-2+/t16-/m0/s1. The van der Waals surface area contributed by atoms with Gasteiger partial charge in [-0.05, 0) is 43.4 Å². The minimum absolute atomic E-state index is 0.118. The van der Waals surface area contributed by atoms with Gasteiger partial charge in [0.05, 0.1) is 25.5 Å². The number of aromatic nitrogens is 4. The second-order valence-electron chi connectivity index (χ2n) is 7.36. The molecule has 150 valence electrons. The van der Waals surface area contributed by atoms with Crippen LogP contribution in [0.3, 0.4) is 0 Å². The van der Waals surface area contributed by atoms with Crippen LogP contribution in [0, 0.1) is 5.92 Å². The highest BCUT2D eigenvalue weighted by Gasteiger charge is 2.22. The zero-order chi connectivity index (χ0) is 20.1. The zero-order valence-corrected chi connectivity index (χ0v) is 17.1. The first-order valence-corrected chi connectivity index (χ1v) is 10.2. The van der Waals surface area contributed by atoms with E-state index in [-0.39, 0.29) is 6.04 Å². The van der Waals surface area contributed by atoms with Gasteiger partial charge in [0.1, 0.15) is 11.6 Å². The van der Waals surface area contributed by atoms with Crippen molar-refractivity contribution in [3.63, 3.8) is 0 Å². The van der Waals surface area contributed by atoms with Gasteiger partial charge < -0.3 is 10.1 Å². The van der Waals surface area contributed by atoms with Crippen LogP contribution in [-0.2, 0) is 6.54 Å². The Morgan fingerprint density at radius 3 is 2.97 bits per heavy atom. The van der Waals surface area contributed by atoms with E-state index in [1.54, 1.807) is 18.6 Å². The fourth-order valence-corrected chi connectivity index (χ4v) is 3.11. The van der Waals surface area contributed by atoms with Gasteiger partial charge in [-0.25, -0.2) is 4.98 Å². The van der Waals surface area contributed by atoms with Crippen molar-refractivity contribution in [2.45, 2.75) is 32.4 Å². The number of ether oxygens (including phenoxy) is 1. The average molecular weight is 410 g/mol. The minimum Gasteiger partial charge on any atom is -0.493 e. The predicted octanol–water partition coefficient (Wildman–Crippen LogP) is 4.68. The maximum absolute atomic E-state index is 6.44. The van der Waals surface area contributed by atoms with Gasteiger partial charge in [-0.15, -0.1) is 0 Å². The van der Waals surface area contributed by atoms with Crippen LogP contribution in [0.1, 0.15) is 30.9 Å². The van der Waals surface area contributed by atoms with Crippen molar-refractivity contribution in [3.05, 3.63) is 71.4 Å². The highest BCUT2D eigenvalue weighted by molar-refractivity contribution is 6.31. The molecule has 4 rings (SSSR count). The monoisotopic (exact) mass is 409 g/mol. The summed E-state index contributed by atoms with van der Waals surface area (Å²) in [7, 11) is 0. The van der Waals surface area contributed by atoms with E-state index in [1.165, 1.54) is 12.8 Å². The van der Waals surface area contributed by atoms with Crippen molar-refractivity contribution in [2.75, 3.05) is 11.9 Å². The van der Waals surface area contributed by atoms with E-state index >= 15 is 0 Å². The fraction of sp³-hybridized carbons (Fsp3) is 0.318. The number of nitrogens with one attached hydrogen (secondary N) is 1. The summed E-state index contributed by atoms with van der Waals surface area (Å²) in [5, 5.41) is 8.41. The maximum Gasteiger partial charge on any atom is 0.144 e. The summed E-state index contributed by atoms with van der Waals surface area (Å²) in [6.45, 7) is 3.46. The molecule has 1 aliphatic carbocycles. The van der Waals surface area contributed by atoms with Crippen LogP contribution < -0.4 is 10.1 Å². The molecule has 0 amide bonds. The molecule has 1 atom stereocenters. The number of halogens is 1. The first kappa shape index (κ1) is 19.5. The predicted molar refractivity (Wildman–Crippen MR) is 115 cm³/mol. The lowest BCUT2D eigenvalue weighted by Gasteiger charge is -2.09. The molecule has 1 aliphatic rings. The van der Waals surface area contributed by atoms with Gasteiger partial charge in [0.2, 0.25) is 0 Å². The molecule has 7 heteroatoms. The molecular weight excluding hydrogens is 386 g/mol. The molecule has 1 N–H and O–H groups in total. The van der Waals surface area contributed by atoms with Crippen molar-refractivity contribution in [1.29, 1.82) is 0 Å². The molecule has 29 heavy (non-hydrogen) atoms. The summed E-state index contributed by atoms with van der Waals surface area (Å²) >= 11 is 6.44. The molecule has 0 saturated heterocycles. The molecule has 0 unspecified atom stereocenters. The van der Waals surface area contributed by atoms with Crippen LogP contribution in [0.15, 0.2) is 55.3 Å². The van der Waals surface area contributed by atoms with Gasteiger partial charge in [-0.2, -0.15) is 5.10 Å². The smallest absolute Gasteiger partial charge is 0.144 e. The first-order chi connectivity index (χ1) is 14.2. The SMILES string of the molecule is C[C@@H](/C=C/c1cnn(Cc2ccc(OCC3CC3)cc2Cl)c1)Nc1cnccn1. The van der Waals surface area contributed by atoms with Crippen LogP contribution in [0.25, 0.3) is 6.08 Å². The van der Waals surface area contributed by atoms with Gasteiger partial charge >= 0.3 is 0 Å². The van der Waals surface area contributed by atoms with Crippen molar-refractivity contribution < 1.29 is 4.74 Å². The van der Waals surface area contributed by atoms with Crippen molar-refractivity contribution in [1.82, 2.24) is 19.7 Å². The molecule has 1 saturated carbocycles. The van der Waals surface area contributed by atoms with E-state index in [1.807, 2.05) is 41.4 Å². The molecule has 2 aromatic heterocycles. The Labute approximate surface area is 175 Å². The quantitative estimate of drug-likeness (QED) is 0.556. The lowest BCUT2D eigenvalue weighted by molar-refractivity contribution is 0.299. The topological polar surface area (TPSA) is 64.9 Å². The Balaban J connectivity index is 1.32. The number of rotatable bonds is 9. The number of benzene rings is 1. The minimum atomic E-state index is 0.118. The molecule has 1 aromatic carbocycles. The number of hydrogen-bond acceptors (Lipinski definition) is 5. The van der Waals surface area contributed by atoms with Crippen LogP contribution in [0.4, 0.5) is 5.82 Å². The Morgan fingerprint density at radius 2 is 2.21 bits per heavy atom. The number of nitrogens with zero attached hydrogens (tertiary/aromatic N) is 4. The van der Waals surface area contributed by atoms with Crippen LogP contribution in [0.2, 0.25) is 5.02 Å². The second-order valence-corrected chi connectivity index (χ2v) is 7.77. The third-order valence-electron chi connectivity index (χ3n) is 4.71. The molecule has 2 heterocycles. The van der Waals surface area contributed by atoms with Crippen LogP contribution >= 0.6 is 11.6 Å². The lowest BCUT2D eigenvalue weighted by atomic mass is 10.2. The van der Waals surface area contributed by atoms with Crippen molar-refractivity contribution >= 4 is 23.5 Å². The molecule has 0 spiro atoms. The summed E-state index contributed by atoms with van der Waals surface area (Å²) in [5.74, 6) is 2.31. The lowest BCUT2D eigenvalue weighted by Crippen LogP contribution is -2.12. The third kappa shape index (κ3) is 5.81. The van der Waals surface area contributed by atoms with E-state index in [2.05, 4.69) is 33.4 Å². The Hall–Kier alpha value is -2.86. The first-order valence-electron chi connectivity index (χ1n) is 9.80. The normalized spacial score (nSPS) is 14.8. The largest absolute Gasteiger partial charge is 0.493 e. The van der Waals surface area contributed by atoms with E-state index < -0.39 is 0 Å². The van der Waals surface area contributed by atoms with E-state index in [0.717, 1.165) is 35.2 Å². The second kappa shape index (κ2) is 9.09. The van der Waals surface area contributed by atoms with E-state index in [4.69, 9.17) is 16.3 Å². The highest BCUT2D eigenvalue weighted by atomic mass is 35.5. The molecule has 0 bridgehead atoms. The number of anilines is 1. The average Bonchev–Trinajstić information content (AvgIpc) is 3.45. The Bertz CT molecular complexity index is 968. The van der Waals surface area contributed by atoms with Gasteiger partial charge in [0.25, 0.3) is 0 Å². The summed E-state index contributed by atoms with van der Waals surface area (Å²) in [4.78, 5) is 8.27. The molecule has 1 fully saturated rings. The van der Waals surface area contributed by atoms with Crippen LogP contribution in [0.5, 0.6) is 5.75 Å². The van der Waals surface area contributed by atoms with Crippen molar-refractivity contribution in [3.8, 4) is 5.75 Å². The van der Waals surface area contributed by atoms with Gasteiger partial charge in [-0.1, -0.05) is 29.8 Å². The Morgan fingerprint density at radius 1 is 1.31 bits per heavy atom. The molecule has 3 aromatic rings. The van der Waals surface area contributed by atoms with Gasteiger partial charge in [0.15, 0.2) is 0 Å². The molecule has 0 radical (unpaired) electrons. The zero-order valence-electron chi connectivity index (χ0n) is 16.3. The summed E-state index contributed by atoms with van der Waals surface area (Å²) in [6, 6.07) is 6.00. The molecular formula is C22H24ClN5O. The number of hydrogen-bond donors (Lipinski definition) is 1. The Kier molecular flexibility index (Phi) is 6.10. The van der Waals surface area contributed by atoms with Gasteiger partial charge in [-0.3, -0.25) is 9.67 Å². The van der Waals surface area contributed by atoms with Crippen LogP contribution in [-0.4, -0.2) is 32.4 Å². The highest BCUT2D eigenvalue weighted by Crippen LogP contribution is 2.30. The van der Waals surface area contributed by atoms with E-state index in [0.29, 0.717) is 11.6 Å². The molecule has 6 nitrogen and oxygen atoms in total. The molecule has 0 aliphatic heterocycles. The van der Waals surface area contributed by atoms with Gasteiger partial charge in [0, 0.05) is 35.2 Å².